The van der Waals surface area contributed by atoms with Crippen molar-refractivity contribution in [3.8, 4) is 0 Å². The van der Waals surface area contributed by atoms with Crippen LogP contribution in [0.15, 0.2) is 54.6 Å². The van der Waals surface area contributed by atoms with Gasteiger partial charge in [0.2, 0.25) is 5.91 Å². The Hall–Kier alpha value is -2.27. The Balaban J connectivity index is 1.48. The van der Waals surface area contributed by atoms with Crippen LogP contribution in [0.5, 0.6) is 0 Å². The highest BCUT2D eigenvalue weighted by Crippen LogP contribution is 2.26. The van der Waals surface area contributed by atoms with Gasteiger partial charge in [-0.15, -0.1) is 11.8 Å². The summed E-state index contributed by atoms with van der Waals surface area (Å²) in [6.07, 6.45) is 2.62. The maximum absolute atomic E-state index is 12.8. The van der Waals surface area contributed by atoms with Crippen LogP contribution in [-0.4, -0.2) is 40.2 Å². The van der Waals surface area contributed by atoms with Gasteiger partial charge >= 0.3 is 5.97 Å². The van der Waals surface area contributed by atoms with Gasteiger partial charge in [0.25, 0.3) is 0 Å². The number of carbonyl (C=O) groups is 2. The van der Waals surface area contributed by atoms with Crippen LogP contribution < -0.4 is 0 Å². The molecule has 4 nitrogen and oxygen atoms in total. The highest BCUT2D eigenvalue weighted by molar-refractivity contribution is 7.99. The van der Waals surface area contributed by atoms with E-state index in [1.807, 2.05) is 42.2 Å². The van der Waals surface area contributed by atoms with Gasteiger partial charge in [-0.2, -0.15) is 0 Å². The maximum atomic E-state index is 12.8. The fourth-order valence-electron chi connectivity index (χ4n) is 3.70. The van der Waals surface area contributed by atoms with Crippen molar-refractivity contribution < 1.29 is 14.7 Å². The summed E-state index contributed by atoms with van der Waals surface area (Å²) in [6, 6.07) is 17.5. The first-order valence-corrected chi connectivity index (χ1v) is 10.8. The Labute approximate surface area is 170 Å². The van der Waals surface area contributed by atoms with Crippen LogP contribution in [0.4, 0.5) is 0 Å². The highest BCUT2D eigenvalue weighted by Gasteiger charge is 2.27. The minimum Gasteiger partial charge on any atom is -0.478 e. The van der Waals surface area contributed by atoms with Gasteiger partial charge in [-0.1, -0.05) is 48.5 Å². The Bertz CT molecular complexity index is 801. The van der Waals surface area contributed by atoms with Gasteiger partial charge in [0.15, 0.2) is 0 Å². The molecule has 1 N–H and O–H groups in total. The van der Waals surface area contributed by atoms with Crippen LogP contribution in [-0.2, 0) is 17.0 Å². The number of amides is 1. The van der Waals surface area contributed by atoms with Gasteiger partial charge < -0.3 is 10.0 Å². The van der Waals surface area contributed by atoms with E-state index in [2.05, 4.69) is 12.1 Å². The van der Waals surface area contributed by atoms with E-state index in [0.717, 1.165) is 43.7 Å². The van der Waals surface area contributed by atoms with Gasteiger partial charge in [-0.3, -0.25) is 4.79 Å². The lowest BCUT2D eigenvalue weighted by molar-refractivity contribution is -0.131. The average molecular weight is 398 g/mol. The van der Waals surface area contributed by atoms with Crippen LogP contribution in [0.3, 0.4) is 0 Å². The number of aromatic carboxylic acids is 1. The molecule has 1 heterocycles. The molecule has 0 saturated carbocycles. The topological polar surface area (TPSA) is 57.6 Å². The summed E-state index contributed by atoms with van der Waals surface area (Å²) in [5.41, 5.74) is 2.53. The molecule has 0 bridgehead atoms. The summed E-state index contributed by atoms with van der Waals surface area (Å²) < 4.78 is 0. The van der Waals surface area contributed by atoms with Crippen molar-refractivity contribution in [3.05, 3.63) is 71.3 Å². The second kappa shape index (κ2) is 9.78. The summed E-state index contributed by atoms with van der Waals surface area (Å²) in [4.78, 5) is 26.1. The quantitative estimate of drug-likeness (QED) is 0.748. The number of rotatable bonds is 7. The molecular formula is C23H27NO3S. The van der Waals surface area contributed by atoms with Crippen molar-refractivity contribution >= 4 is 23.6 Å². The molecule has 1 unspecified atom stereocenters. The number of carbonyl (C=O) groups excluding carboxylic acids is 1. The van der Waals surface area contributed by atoms with E-state index < -0.39 is 5.97 Å². The van der Waals surface area contributed by atoms with E-state index >= 15 is 0 Å². The first-order valence-electron chi connectivity index (χ1n) is 9.80. The van der Waals surface area contributed by atoms with E-state index in [1.165, 1.54) is 5.56 Å². The molecule has 1 atom stereocenters. The maximum Gasteiger partial charge on any atom is 0.335 e. The number of carboxylic acids is 1. The monoisotopic (exact) mass is 397 g/mol. The first kappa shape index (κ1) is 20.5. The van der Waals surface area contributed by atoms with Crippen molar-refractivity contribution in [1.29, 1.82) is 0 Å². The molecule has 1 aliphatic heterocycles. The standard InChI is InChI=1S/C23H27NO3S/c1-17(28-16-19-7-3-2-4-8-19)22(25)24-13-11-18(12-14-24)15-20-9-5-6-10-21(20)23(26)27/h2-10,17-18H,11-16H2,1H3,(H,26,27). The molecule has 148 valence electrons. The van der Waals surface area contributed by atoms with Crippen molar-refractivity contribution in [1.82, 2.24) is 4.90 Å². The molecule has 1 saturated heterocycles. The molecule has 0 radical (unpaired) electrons. The summed E-state index contributed by atoms with van der Waals surface area (Å²) in [6.45, 7) is 3.51. The molecule has 0 aliphatic carbocycles. The molecule has 0 aromatic heterocycles. The lowest BCUT2D eigenvalue weighted by Crippen LogP contribution is -2.42. The van der Waals surface area contributed by atoms with Gasteiger partial charge in [0.05, 0.1) is 10.8 Å². The zero-order valence-corrected chi connectivity index (χ0v) is 17.0. The third-order valence-corrected chi connectivity index (χ3v) is 6.57. The molecule has 2 aromatic carbocycles. The van der Waals surface area contributed by atoms with Crippen LogP contribution in [0.2, 0.25) is 0 Å². The molecule has 0 spiro atoms. The summed E-state index contributed by atoms with van der Waals surface area (Å²) in [7, 11) is 0. The van der Waals surface area contributed by atoms with Gasteiger partial charge in [0, 0.05) is 18.8 Å². The summed E-state index contributed by atoms with van der Waals surface area (Å²) in [5, 5.41) is 9.30. The summed E-state index contributed by atoms with van der Waals surface area (Å²) >= 11 is 1.68. The number of piperidine rings is 1. The largest absolute Gasteiger partial charge is 0.478 e. The van der Waals surface area contributed by atoms with Crippen molar-refractivity contribution in [3.63, 3.8) is 0 Å². The van der Waals surface area contributed by atoms with Crippen LogP contribution >= 0.6 is 11.8 Å². The van der Waals surface area contributed by atoms with E-state index in [4.69, 9.17) is 0 Å². The molecule has 28 heavy (non-hydrogen) atoms. The molecule has 3 rings (SSSR count). The van der Waals surface area contributed by atoms with Crippen molar-refractivity contribution in [2.45, 2.75) is 37.2 Å². The average Bonchev–Trinajstić information content (AvgIpc) is 2.73. The smallest absolute Gasteiger partial charge is 0.335 e. The Morgan fingerprint density at radius 1 is 1.07 bits per heavy atom. The number of benzene rings is 2. The molecule has 1 amide bonds. The lowest BCUT2D eigenvalue weighted by Gasteiger charge is -2.33. The number of thioether (sulfide) groups is 1. The Kier molecular flexibility index (Phi) is 7.15. The number of likely N-dealkylation sites (tertiary alicyclic amines) is 1. The summed E-state index contributed by atoms with van der Waals surface area (Å²) in [5.74, 6) is 0.616. The number of hydrogen-bond donors (Lipinski definition) is 1. The predicted molar refractivity (Wildman–Crippen MR) is 114 cm³/mol. The fraction of sp³-hybridized carbons (Fsp3) is 0.391. The van der Waals surface area contributed by atoms with E-state index in [0.29, 0.717) is 11.5 Å². The van der Waals surface area contributed by atoms with Gasteiger partial charge in [-0.05, 0) is 49.3 Å². The van der Waals surface area contributed by atoms with E-state index in [-0.39, 0.29) is 11.2 Å². The van der Waals surface area contributed by atoms with Crippen molar-refractivity contribution in [2.24, 2.45) is 5.92 Å². The van der Waals surface area contributed by atoms with Gasteiger partial charge in [-0.25, -0.2) is 4.79 Å². The number of hydrogen-bond acceptors (Lipinski definition) is 3. The first-order chi connectivity index (χ1) is 13.5. The van der Waals surface area contributed by atoms with Crippen LogP contribution in [0.1, 0.15) is 41.3 Å². The van der Waals surface area contributed by atoms with Crippen LogP contribution in [0, 0.1) is 5.92 Å². The molecule has 1 aliphatic rings. The number of carboxylic acid groups (broad SMARTS) is 1. The molecular weight excluding hydrogens is 370 g/mol. The van der Waals surface area contributed by atoms with Gasteiger partial charge in [0.1, 0.15) is 0 Å². The van der Waals surface area contributed by atoms with Crippen molar-refractivity contribution in [2.75, 3.05) is 13.1 Å². The highest BCUT2D eigenvalue weighted by atomic mass is 32.2. The predicted octanol–water partition coefficient (Wildman–Crippen LogP) is 4.49. The second-order valence-corrected chi connectivity index (χ2v) is 8.70. The number of nitrogens with zero attached hydrogens (tertiary/aromatic N) is 1. The van der Waals surface area contributed by atoms with E-state index in [1.54, 1.807) is 23.9 Å². The minimum absolute atomic E-state index is 0.0514. The molecule has 1 fully saturated rings. The third-order valence-electron chi connectivity index (χ3n) is 5.37. The second-order valence-electron chi connectivity index (χ2n) is 7.37. The zero-order chi connectivity index (χ0) is 19.9. The normalized spacial score (nSPS) is 16.0. The third kappa shape index (κ3) is 5.38. The fourth-order valence-corrected chi connectivity index (χ4v) is 4.63. The zero-order valence-electron chi connectivity index (χ0n) is 16.2. The molecule has 2 aromatic rings. The minimum atomic E-state index is -0.868. The Morgan fingerprint density at radius 2 is 1.71 bits per heavy atom. The Morgan fingerprint density at radius 3 is 2.39 bits per heavy atom. The lowest BCUT2D eigenvalue weighted by atomic mass is 9.88. The van der Waals surface area contributed by atoms with E-state index in [9.17, 15) is 14.7 Å². The SMILES string of the molecule is CC(SCc1ccccc1)C(=O)N1CCC(Cc2ccccc2C(=O)O)CC1. The van der Waals surface area contributed by atoms with Crippen LogP contribution in [0.25, 0.3) is 0 Å². The molecule has 5 heteroatoms.